The molecule has 0 radical (unpaired) electrons. The lowest BCUT2D eigenvalue weighted by Gasteiger charge is -2.31. The number of fused-ring (bicyclic) bond motifs is 3. The molecular weight excluding hydrogens is 370 g/mol. The zero-order valence-corrected chi connectivity index (χ0v) is 17.2. The third-order valence-corrected chi connectivity index (χ3v) is 5.99. The highest BCUT2D eigenvalue weighted by Gasteiger charge is 2.26. The second kappa shape index (κ2) is 7.98. The highest BCUT2D eigenvalue weighted by molar-refractivity contribution is 6.31. The first-order valence-electron chi connectivity index (χ1n) is 10.0. The minimum atomic E-state index is 0.0696. The van der Waals surface area contributed by atoms with Crippen LogP contribution < -0.4 is 5.43 Å². The molecule has 3 aromatic rings. The molecule has 1 amide bonds. The van der Waals surface area contributed by atoms with Crippen molar-refractivity contribution in [2.45, 2.75) is 39.8 Å². The van der Waals surface area contributed by atoms with Crippen LogP contribution >= 0.6 is 11.6 Å². The maximum Gasteiger partial charge on any atom is 0.237 e. The van der Waals surface area contributed by atoms with Crippen LogP contribution in [0.25, 0.3) is 22.0 Å². The molecular formula is C23H26ClN3O. The standard InChI is InChI=1S/C23H26ClN3O/c1-3-16(4-2)23(28)25-26-12-13-27-20-11-10-18(24)14-19(20)22(21(27)15-26)17-8-6-5-7-9-17/h5-11,14,16H,3-4,12-13,15H2,1-2H3,(H,25,28). The molecule has 1 aromatic heterocycles. The number of hydrogen-bond donors (Lipinski definition) is 1. The molecule has 2 heterocycles. The number of nitrogens with zero attached hydrogens (tertiary/aromatic N) is 2. The van der Waals surface area contributed by atoms with E-state index in [0.29, 0.717) is 6.54 Å². The quantitative estimate of drug-likeness (QED) is 0.641. The van der Waals surface area contributed by atoms with Crippen LogP contribution in [0.3, 0.4) is 0 Å². The SMILES string of the molecule is CCC(CC)C(=O)NN1CCn2c(c(-c3ccccc3)c3cc(Cl)ccc32)C1. The zero-order valence-electron chi connectivity index (χ0n) is 16.4. The summed E-state index contributed by atoms with van der Waals surface area (Å²) in [5.74, 6) is 0.194. The zero-order chi connectivity index (χ0) is 19.7. The van der Waals surface area contributed by atoms with E-state index in [9.17, 15) is 4.79 Å². The molecule has 28 heavy (non-hydrogen) atoms. The van der Waals surface area contributed by atoms with Gasteiger partial charge in [0.2, 0.25) is 5.91 Å². The van der Waals surface area contributed by atoms with Gasteiger partial charge in [-0.3, -0.25) is 10.2 Å². The number of hydrazine groups is 1. The van der Waals surface area contributed by atoms with Gasteiger partial charge in [-0.05, 0) is 36.6 Å². The van der Waals surface area contributed by atoms with E-state index in [-0.39, 0.29) is 11.8 Å². The van der Waals surface area contributed by atoms with E-state index in [4.69, 9.17) is 11.6 Å². The summed E-state index contributed by atoms with van der Waals surface area (Å²) in [6.45, 7) is 6.45. The summed E-state index contributed by atoms with van der Waals surface area (Å²) in [5, 5.41) is 3.97. The second-order valence-corrected chi connectivity index (χ2v) is 7.85. The monoisotopic (exact) mass is 395 g/mol. The number of carbonyl (C=O) groups excluding carboxylic acids is 1. The molecule has 0 atom stereocenters. The van der Waals surface area contributed by atoms with E-state index in [0.717, 1.165) is 31.0 Å². The molecule has 0 saturated heterocycles. The van der Waals surface area contributed by atoms with Crippen LogP contribution in [-0.2, 0) is 17.9 Å². The molecule has 1 aliphatic heterocycles. The van der Waals surface area contributed by atoms with Gasteiger partial charge in [0.25, 0.3) is 0 Å². The summed E-state index contributed by atoms with van der Waals surface area (Å²) in [4.78, 5) is 12.6. The average Bonchev–Trinajstić information content (AvgIpc) is 3.02. The van der Waals surface area contributed by atoms with Crippen LogP contribution in [0.15, 0.2) is 48.5 Å². The molecule has 146 valence electrons. The number of carbonyl (C=O) groups is 1. The number of benzene rings is 2. The smallest absolute Gasteiger partial charge is 0.237 e. The molecule has 0 unspecified atom stereocenters. The van der Waals surface area contributed by atoms with E-state index >= 15 is 0 Å². The number of aromatic nitrogens is 1. The van der Waals surface area contributed by atoms with Crippen molar-refractivity contribution in [2.24, 2.45) is 5.92 Å². The van der Waals surface area contributed by atoms with Gasteiger partial charge in [0.15, 0.2) is 0 Å². The molecule has 1 N–H and O–H groups in total. The van der Waals surface area contributed by atoms with E-state index in [2.05, 4.69) is 65.2 Å². The predicted molar refractivity (Wildman–Crippen MR) is 115 cm³/mol. The van der Waals surface area contributed by atoms with Crippen molar-refractivity contribution in [1.29, 1.82) is 0 Å². The van der Waals surface area contributed by atoms with Crippen LogP contribution in [0.5, 0.6) is 0 Å². The first-order chi connectivity index (χ1) is 13.6. The molecule has 5 heteroatoms. The van der Waals surface area contributed by atoms with Gasteiger partial charge in [0, 0.05) is 46.2 Å². The first-order valence-corrected chi connectivity index (χ1v) is 10.4. The van der Waals surface area contributed by atoms with Crippen molar-refractivity contribution >= 4 is 28.4 Å². The Morgan fingerprint density at radius 1 is 1.11 bits per heavy atom. The topological polar surface area (TPSA) is 37.3 Å². The van der Waals surface area contributed by atoms with Crippen molar-refractivity contribution in [2.75, 3.05) is 6.54 Å². The molecule has 4 rings (SSSR count). The minimum absolute atomic E-state index is 0.0696. The van der Waals surface area contributed by atoms with E-state index in [1.165, 1.54) is 27.7 Å². The van der Waals surface area contributed by atoms with Crippen molar-refractivity contribution in [3.05, 3.63) is 59.2 Å². The Hall–Kier alpha value is -2.30. The van der Waals surface area contributed by atoms with Crippen LogP contribution in [-0.4, -0.2) is 22.0 Å². The molecule has 0 fully saturated rings. The Balaban J connectivity index is 1.74. The Bertz CT molecular complexity index is 992. The Morgan fingerprint density at radius 3 is 2.57 bits per heavy atom. The lowest BCUT2D eigenvalue weighted by Crippen LogP contribution is -2.48. The summed E-state index contributed by atoms with van der Waals surface area (Å²) < 4.78 is 2.37. The van der Waals surface area contributed by atoms with Crippen LogP contribution in [0.2, 0.25) is 5.02 Å². The molecule has 1 aliphatic rings. The van der Waals surface area contributed by atoms with Gasteiger partial charge >= 0.3 is 0 Å². The molecule has 0 spiro atoms. The fourth-order valence-electron chi connectivity index (χ4n) is 4.21. The molecule has 4 nitrogen and oxygen atoms in total. The Kier molecular flexibility index (Phi) is 5.42. The van der Waals surface area contributed by atoms with Crippen molar-refractivity contribution in [3.8, 4) is 11.1 Å². The number of halogens is 1. The average molecular weight is 396 g/mol. The lowest BCUT2D eigenvalue weighted by molar-refractivity contribution is -0.130. The van der Waals surface area contributed by atoms with Gasteiger partial charge in [-0.2, -0.15) is 0 Å². The van der Waals surface area contributed by atoms with Gasteiger partial charge in [-0.15, -0.1) is 0 Å². The van der Waals surface area contributed by atoms with E-state index in [1.807, 2.05) is 12.1 Å². The minimum Gasteiger partial charge on any atom is -0.341 e. The van der Waals surface area contributed by atoms with Gasteiger partial charge < -0.3 is 4.57 Å². The van der Waals surface area contributed by atoms with Gasteiger partial charge in [0.1, 0.15) is 0 Å². The van der Waals surface area contributed by atoms with Crippen LogP contribution in [0, 0.1) is 5.92 Å². The maximum absolute atomic E-state index is 12.6. The fraction of sp³-hybridized carbons (Fsp3) is 0.348. The van der Waals surface area contributed by atoms with Gasteiger partial charge in [0.05, 0.1) is 6.54 Å². The van der Waals surface area contributed by atoms with Crippen molar-refractivity contribution in [1.82, 2.24) is 15.0 Å². The second-order valence-electron chi connectivity index (χ2n) is 7.41. The number of hydrogen-bond acceptors (Lipinski definition) is 2. The van der Waals surface area contributed by atoms with Crippen molar-refractivity contribution < 1.29 is 4.79 Å². The third kappa shape index (κ3) is 3.43. The van der Waals surface area contributed by atoms with Crippen molar-refractivity contribution in [3.63, 3.8) is 0 Å². The Labute approximate surface area is 171 Å². The van der Waals surface area contributed by atoms with Gasteiger partial charge in [-0.25, -0.2) is 5.01 Å². The molecule has 2 aromatic carbocycles. The lowest BCUT2D eigenvalue weighted by atomic mass is 10.0. The fourth-order valence-corrected chi connectivity index (χ4v) is 4.38. The first kappa shape index (κ1) is 19.0. The number of amides is 1. The summed E-state index contributed by atoms with van der Waals surface area (Å²) >= 11 is 6.33. The maximum atomic E-state index is 12.6. The number of nitrogens with one attached hydrogen (secondary N) is 1. The third-order valence-electron chi connectivity index (χ3n) is 5.75. The molecule has 0 aliphatic carbocycles. The Morgan fingerprint density at radius 2 is 1.86 bits per heavy atom. The summed E-state index contributed by atoms with van der Waals surface area (Å²) in [5.41, 5.74) is 7.96. The van der Waals surface area contributed by atoms with Crippen LogP contribution in [0.4, 0.5) is 0 Å². The largest absolute Gasteiger partial charge is 0.341 e. The van der Waals surface area contributed by atoms with E-state index in [1.54, 1.807) is 0 Å². The number of rotatable bonds is 5. The normalized spacial score (nSPS) is 14.4. The summed E-state index contributed by atoms with van der Waals surface area (Å²) in [6.07, 6.45) is 1.73. The van der Waals surface area contributed by atoms with Crippen LogP contribution in [0.1, 0.15) is 32.4 Å². The predicted octanol–water partition coefficient (Wildman–Crippen LogP) is 5.24. The highest BCUT2D eigenvalue weighted by atomic mass is 35.5. The van der Waals surface area contributed by atoms with E-state index < -0.39 is 0 Å². The molecule has 0 bridgehead atoms. The van der Waals surface area contributed by atoms with Gasteiger partial charge in [-0.1, -0.05) is 55.8 Å². The highest BCUT2D eigenvalue weighted by Crippen LogP contribution is 2.38. The molecule has 0 saturated carbocycles. The summed E-state index contributed by atoms with van der Waals surface area (Å²) in [7, 11) is 0. The summed E-state index contributed by atoms with van der Waals surface area (Å²) in [6, 6.07) is 16.5.